The molecule has 2 rings (SSSR count). The van der Waals surface area contributed by atoms with E-state index < -0.39 is 0 Å². The van der Waals surface area contributed by atoms with Gasteiger partial charge in [0.15, 0.2) is 0 Å². The summed E-state index contributed by atoms with van der Waals surface area (Å²) in [6.45, 7) is 5.78. The normalized spacial score (nSPS) is 14.0. The minimum Gasteiger partial charge on any atom is -0.341 e. The molecule has 0 aromatic heterocycles. The lowest BCUT2D eigenvalue weighted by atomic mass is 10.0. The minimum absolute atomic E-state index is 0.0350. The Morgan fingerprint density at radius 2 is 1.91 bits per heavy atom. The summed E-state index contributed by atoms with van der Waals surface area (Å²) in [7, 11) is 0. The Bertz CT molecular complexity index is 554. The second-order valence-electron chi connectivity index (χ2n) is 5.63. The molecule has 0 unspecified atom stereocenters. The molecule has 0 saturated heterocycles. The first-order chi connectivity index (χ1) is 10.6. The summed E-state index contributed by atoms with van der Waals surface area (Å²) in [5.41, 5.74) is 2.00. The van der Waals surface area contributed by atoms with Crippen molar-refractivity contribution < 1.29 is 9.59 Å². The SMILES string of the molecule is CCCN(CCC)C(=O)CN1C(=O)CCc2cc(Br)ccc21. The number of nitrogens with zero attached hydrogens (tertiary/aromatic N) is 2. The third kappa shape index (κ3) is 3.88. The molecule has 1 aliphatic rings. The van der Waals surface area contributed by atoms with E-state index in [1.54, 1.807) is 4.90 Å². The van der Waals surface area contributed by atoms with Crippen LogP contribution in [0, 0.1) is 0 Å². The summed E-state index contributed by atoms with van der Waals surface area (Å²) in [5.74, 6) is 0.0731. The molecule has 1 aliphatic heterocycles. The molecule has 0 saturated carbocycles. The van der Waals surface area contributed by atoms with Crippen LogP contribution in [-0.4, -0.2) is 36.3 Å². The molecule has 1 heterocycles. The van der Waals surface area contributed by atoms with Crippen LogP contribution in [0.2, 0.25) is 0 Å². The van der Waals surface area contributed by atoms with E-state index in [0.717, 1.165) is 48.1 Å². The number of benzene rings is 1. The lowest BCUT2D eigenvalue weighted by molar-refractivity contribution is -0.131. The summed E-state index contributed by atoms with van der Waals surface area (Å²) >= 11 is 3.46. The topological polar surface area (TPSA) is 40.6 Å². The first-order valence-electron chi connectivity index (χ1n) is 7.93. The molecule has 22 heavy (non-hydrogen) atoms. The number of amides is 2. The van der Waals surface area contributed by atoms with Crippen molar-refractivity contribution in [2.24, 2.45) is 0 Å². The second-order valence-corrected chi connectivity index (χ2v) is 6.55. The van der Waals surface area contributed by atoms with Gasteiger partial charge >= 0.3 is 0 Å². The first kappa shape index (κ1) is 17.0. The molecule has 1 aromatic rings. The number of halogens is 1. The zero-order chi connectivity index (χ0) is 16.1. The van der Waals surface area contributed by atoms with Gasteiger partial charge in [0.2, 0.25) is 11.8 Å². The predicted molar refractivity (Wildman–Crippen MR) is 92.0 cm³/mol. The van der Waals surface area contributed by atoms with Crippen LogP contribution in [0.3, 0.4) is 0 Å². The van der Waals surface area contributed by atoms with Gasteiger partial charge in [0.25, 0.3) is 0 Å². The van der Waals surface area contributed by atoms with E-state index in [4.69, 9.17) is 0 Å². The van der Waals surface area contributed by atoms with Crippen LogP contribution in [0.25, 0.3) is 0 Å². The number of carbonyl (C=O) groups excluding carboxylic acids is 2. The number of aryl methyl sites for hydroxylation is 1. The Morgan fingerprint density at radius 3 is 2.55 bits per heavy atom. The van der Waals surface area contributed by atoms with Crippen LogP contribution in [0.15, 0.2) is 22.7 Å². The molecular formula is C17H23BrN2O2. The largest absolute Gasteiger partial charge is 0.341 e. The summed E-state index contributed by atoms with van der Waals surface area (Å²) in [4.78, 5) is 28.3. The van der Waals surface area contributed by atoms with E-state index in [9.17, 15) is 9.59 Å². The van der Waals surface area contributed by atoms with Crippen molar-refractivity contribution in [2.45, 2.75) is 39.5 Å². The van der Waals surface area contributed by atoms with Crippen molar-refractivity contribution in [2.75, 3.05) is 24.5 Å². The molecule has 0 radical (unpaired) electrons. The van der Waals surface area contributed by atoms with Crippen LogP contribution in [-0.2, 0) is 16.0 Å². The van der Waals surface area contributed by atoms with E-state index in [1.165, 1.54) is 0 Å². The molecule has 0 atom stereocenters. The summed E-state index contributed by atoms with van der Waals surface area (Å²) in [5, 5.41) is 0. The Balaban J connectivity index is 2.18. The summed E-state index contributed by atoms with van der Waals surface area (Å²) in [6, 6.07) is 5.88. The Hall–Kier alpha value is -1.36. The van der Waals surface area contributed by atoms with E-state index >= 15 is 0 Å². The lowest BCUT2D eigenvalue weighted by Gasteiger charge is -2.31. The molecule has 0 fully saturated rings. The van der Waals surface area contributed by atoms with Crippen LogP contribution in [0.5, 0.6) is 0 Å². The number of hydrogen-bond acceptors (Lipinski definition) is 2. The van der Waals surface area contributed by atoms with Gasteiger partial charge in [-0.25, -0.2) is 0 Å². The fourth-order valence-electron chi connectivity index (χ4n) is 2.84. The zero-order valence-corrected chi connectivity index (χ0v) is 14.9. The smallest absolute Gasteiger partial charge is 0.242 e. The molecule has 1 aromatic carbocycles. The highest BCUT2D eigenvalue weighted by Gasteiger charge is 2.27. The maximum Gasteiger partial charge on any atom is 0.242 e. The van der Waals surface area contributed by atoms with E-state index in [0.29, 0.717) is 6.42 Å². The first-order valence-corrected chi connectivity index (χ1v) is 8.72. The minimum atomic E-state index is 0.0350. The van der Waals surface area contributed by atoms with Gasteiger partial charge in [-0.05, 0) is 43.0 Å². The second kappa shape index (κ2) is 7.77. The Kier molecular flexibility index (Phi) is 6.00. The van der Waals surface area contributed by atoms with Gasteiger partial charge in [0.1, 0.15) is 6.54 Å². The van der Waals surface area contributed by atoms with Crippen molar-refractivity contribution in [1.29, 1.82) is 0 Å². The maximum absolute atomic E-state index is 12.5. The summed E-state index contributed by atoms with van der Waals surface area (Å²) < 4.78 is 1.01. The van der Waals surface area contributed by atoms with Gasteiger partial charge in [0.05, 0.1) is 0 Å². The van der Waals surface area contributed by atoms with Gasteiger partial charge in [-0.15, -0.1) is 0 Å². The number of hydrogen-bond donors (Lipinski definition) is 0. The van der Waals surface area contributed by atoms with Gasteiger partial charge in [0, 0.05) is 29.7 Å². The molecule has 4 nitrogen and oxygen atoms in total. The fourth-order valence-corrected chi connectivity index (χ4v) is 3.25. The molecular weight excluding hydrogens is 344 g/mol. The molecule has 0 spiro atoms. The van der Waals surface area contributed by atoms with Crippen LogP contribution < -0.4 is 4.90 Å². The van der Waals surface area contributed by atoms with Crippen molar-refractivity contribution in [3.63, 3.8) is 0 Å². The van der Waals surface area contributed by atoms with Gasteiger partial charge in [-0.2, -0.15) is 0 Å². The van der Waals surface area contributed by atoms with Crippen LogP contribution in [0.1, 0.15) is 38.7 Å². The number of anilines is 1. The molecule has 120 valence electrons. The monoisotopic (exact) mass is 366 g/mol. The van der Waals surface area contributed by atoms with Crippen molar-refractivity contribution in [3.05, 3.63) is 28.2 Å². The zero-order valence-electron chi connectivity index (χ0n) is 13.3. The van der Waals surface area contributed by atoms with Crippen LogP contribution >= 0.6 is 15.9 Å². The molecule has 0 aliphatic carbocycles. The average molecular weight is 367 g/mol. The number of rotatable bonds is 6. The molecule has 0 bridgehead atoms. The third-order valence-corrected chi connectivity index (χ3v) is 4.37. The number of fused-ring (bicyclic) bond motifs is 1. The van der Waals surface area contributed by atoms with Crippen molar-refractivity contribution >= 4 is 33.4 Å². The van der Waals surface area contributed by atoms with E-state index in [1.807, 2.05) is 23.1 Å². The molecule has 0 N–H and O–H groups in total. The quantitative estimate of drug-likeness (QED) is 0.774. The molecule has 2 amide bonds. The van der Waals surface area contributed by atoms with Gasteiger partial charge in [-0.3, -0.25) is 9.59 Å². The van der Waals surface area contributed by atoms with E-state index in [2.05, 4.69) is 29.8 Å². The van der Waals surface area contributed by atoms with Crippen LogP contribution in [0.4, 0.5) is 5.69 Å². The highest BCUT2D eigenvalue weighted by molar-refractivity contribution is 9.10. The average Bonchev–Trinajstić information content (AvgIpc) is 2.49. The predicted octanol–water partition coefficient (Wildman–Crippen LogP) is 3.38. The molecule has 5 heteroatoms. The summed E-state index contributed by atoms with van der Waals surface area (Å²) in [6.07, 6.45) is 3.08. The standard InChI is InChI=1S/C17H23BrN2O2/c1-3-9-19(10-4-2)17(22)12-20-15-7-6-14(18)11-13(15)5-8-16(20)21/h6-7,11H,3-5,8-10,12H2,1-2H3. The maximum atomic E-state index is 12.5. The Labute approximate surface area is 140 Å². The van der Waals surface area contributed by atoms with Gasteiger partial charge in [-0.1, -0.05) is 29.8 Å². The fraction of sp³-hybridized carbons (Fsp3) is 0.529. The lowest BCUT2D eigenvalue weighted by Crippen LogP contribution is -2.45. The van der Waals surface area contributed by atoms with Gasteiger partial charge < -0.3 is 9.80 Å². The van der Waals surface area contributed by atoms with Crippen molar-refractivity contribution in [1.82, 2.24) is 4.90 Å². The highest BCUT2D eigenvalue weighted by atomic mass is 79.9. The number of carbonyl (C=O) groups is 2. The third-order valence-electron chi connectivity index (χ3n) is 3.87. The van der Waals surface area contributed by atoms with E-state index in [-0.39, 0.29) is 18.4 Å². The van der Waals surface area contributed by atoms with Crippen molar-refractivity contribution in [3.8, 4) is 0 Å². The Morgan fingerprint density at radius 1 is 1.23 bits per heavy atom. The highest BCUT2D eigenvalue weighted by Crippen LogP contribution is 2.30.